The largest absolute Gasteiger partial charge is 0.394 e. The van der Waals surface area contributed by atoms with Gasteiger partial charge in [-0.1, -0.05) is 41.9 Å². The maximum absolute atomic E-state index is 9.85. The lowest BCUT2D eigenvalue weighted by Gasteiger charge is -2.32. The second kappa shape index (κ2) is 5.74. The van der Waals surface area contributed by atoms with Crippen molar-refractivity contribution >= 4 is 11.6 Å². The number of nitrogens with zero attached hydrogens (tertiary/aromatic N) is 2. The van der Waals surface area contributed by atoms with Gasteiger partial charge in [0.2, 0.25) is 0 Å². The van der Waals surface area contributed by atoms with Crippen LogP contribution in [-0.4, -0.2) is 28.5 Å². The molecule has 0 bridgehead atoms. The summed E-state index contributed by atoms with van der Waals surface area (Å²) in [4.78, 5) is 0. The predicted octanol–water partition coefficient (Wildman–Crippen LogP) is 1.95. The van der Waals surface area contributed by atoms with Gasteiger partial charge in [-0.05, 0) is 19.5 Å². The van der Waals surface area contributed by atoms with Crippen LogP contribution in [0.3, 0.4) is 0 Å². The zero-order valence-corrected chi connectivity index (χ0v) is 11.9. The highest BCUT2D eigenvalue weighted by Crippen LogP contribution is 2.24. The Hall–Kier alpha value is -1.36. The van der Waals surface area contributed by atoms with Crippen molar-refractivity contribution in [3.05, 3.63) is 52.8 Å². The van der Waals surface area contributed by atoms with Crippen molar-refractivity contribution in [1.29, 1.82) is 0 Å². The molecule has 1 aromatic carbocycles. The summed E-state index contributed by atoms with van der Waals surface area (Å²) in [6.07, 6.45) is 1.62. The number of benzene rings is 1. The molecule has 0 amide bonds. The van der Waals surface area contributed by atoms with Gasteiger partial charge < -0.3 is 10.4 Å². The summed E-state index contributed by atoms with van der Waals surface area (Å²) in [7, 11) is 1.84. The van der Waals surface area contributed by atoms with Crippen molar-refractivity contribution in [3.63, 3.8) is 0 Å². The van der Waals surface area contributed by atoms with Crippen molar-refractivity contribution in [2.45, 2.75) is 19.0 Å². The molecule has 0 saturated carbocycles. The molecule has 1 unspecified atom stereocenters. The zero-order valence-electron chi connectivity index (χ0n) is 11.1. The summed E-state index contributed by atoms with van der Waals surface area (Å²) in [5.74, 6) is 0. The van der Waals surface area contributed by atoms with Crippen molar-refractivity contribution in [2.24, 2.45) is 0 Å². The Bertz CT molecular complexity index is 535. The average Bonchev–Trinajstić information content (AvgIpc) is 2.77. The van der Waals surface area contributed by atoms with E-state index < -0.39 is 5.54 Å². The van der Waals surface area contributed by atoms with Crippen molar-refractivity contribution in [2.75, 3.05) is 13.7 Å². The normalized spacial score (nSPS) is 14.3. The number of hydrogen-bond donors (Lipinski definition) is 2. The summed E-state index contributed by atoms with van der Waals surface area (Å²) >= 11 is 6.02. The maximum Gasteiger partial charge on any atom is 0.0865 e. The summed E-state index contributed by atoms with van der Waals surface area (Å²) in [6, 6.07) is 9.86. The first-order valence-corrected chi connectivity index (χ1v) is 6.54. The van der Waals surface area contributed by atoms with Crippen LogP contribution in [-0.2, 0) is 12.1 Å². The lowest BCUT2D eigenvalue weighted by atomic mass is 9.90. The quantitative estimate of drug-likeness (QED) is 0.880. The van der Waals surface area contributed by atoms with Crippen LogP contribution in [0.5, 0.6) is 0 Å². The summed E-state index contributed by atoms with van der Waals surface area (Å²) in [5, 5.41) is 18.0. The molecule has 0 aliphatic carbocycles. The van der Waals surface area contributed by atoms with Crippen LogP contribution in [0, 0.1) is 6.92 Å². The second-order valence-electron chi connectivity index (χ2n) is 4.59. The van der Waals surface area contributed by atoms with Crippen LogP contribution in [0.25, 0.3) is 0 Å². The second-order valence-corrected chi connectivity index (χ2v) is 5.00. The fraction of sp³-hybridized carbons (Fsp3) is 0.357. The van der Waals surface area contributed by atoms with Crippen LogP contribution in [0.4, 0.5) is 0 Å². The van der Waals surface area contributed by atoms with E-state index in [1.165, 1.54) is 0 Å². The van der Waals surface area contributed by atoms with Gasteiger partial charge in [-0.2, -0.15) is 5.10 Å². The SMILES string of the molecule is CNC(CO)(Cn1ncc(Cl)c1C)c1ccccc1. The molecule has 102 valence electrons. The molecule has 0 fully saturated rings. The first-order valence-electron chi connectivity index (χ1n) is 6.16. The zero-order chi connectivity index (χ0) is 13.9. The van der Waals surface area contributed by atoms with E-state index in [1.807, 2.05) is 49.0 Å². The van der Waals surface area contributed by atoms with Gasteiger partial charge in [0.15, 0.2) is 0 Å². The van der Waals surface area contributed by atoms with E-state index >= 15 is 0 Å². The third-order valence-corrected chi connectivity index (χ3v) is 3.91. The highest BCUT2D eigenvalue weighted by Gasteiger charge is 2.31. The molecule has 0 aliphatic rings. The molecule has 1 heterocycles. The minimum Gasteiger partial charge on any atom is -0.394 e. The molecule has 2 aromatic rings. The first-order chi connectivity index (χ1) is 9.13. The maximum atomic E-state index is 9.85. The molecule has 19 heavy (non-hydrogen) atoms. The Morgan fingerprint density at radius 1 is 1.37 bits per heavy atom. The summed E-state index contributed by atoms with van der Waals surface area (Å²) in [5.41, 5.74) is 1.35. The number of nitrogens with one attached hydrogen (secondary N) is 1. The Balaban J connectivity index is 2.38. The summed E-state index contributed by atoms with van der Waals surface area (Å²) < 4.78 is 1.81. The molecule has 0 saturated heterocycles. The van der Waals surface area contributed by atoms with Gasteiger partial charge in [0, 0.05) is 0 Å². The van der Waals surface area contributed by atoms with Crippen LogP contribution >= 0.6 is 11.6 Å². The monoisotopic (exact) mass is 279 g/mol. The molecule has 4 nitrogen and oxygen atoms in total. The molecular formula is C14H18ClN3O. The number of aliphatic hydroxyl groups is 1. The van der Waals surface area contributed by atoms with E-state index in [4.69, 9.17) is 11.6 Å². The van der Waals surface area contributed by atoms with Gasteiger partial charge in [0.05, 0.1) is 35.6 Å². The van der Waals surface area contributed by atoms with E-state index in [2.05, 4.69) is 10.4 Å². The van der Waals surface area contributed by atoms with Gasteiger partial charge >= 0.3 is 0 Å². The Labute approximate surface area is 118 Å². The standard InChI is InChI=1S/C14H18ClN3O/c1-11-13(15)8-17-18(11)9-14(10-19,16-2)12-6-4-3-5-7-12/h3-8,16,19H,9-10H2,1-2H3. The van der Waals surface area contributed by atoms with Gasteiger partial charge in [-0.15, -0.1) is 0 Å². The predicted molar refractivity (Wildman–Crippen MR) is 76.2 cm³/mol. The Morgan fingerprint density at radius 2 is 2.05 bits per heavy atom. The van der Waals surface area contributed by atoms with Gasteiger partial charge in [0.25, 0.3) is 0 Å². The molecule has 1 atom stereocenters. The fourth-order valence-electron chi connectivity index (χ4n) is 2.13. The van der Waals surface area contributed by atoms with Gasteiger partial charge in [-0.25, -0.2) is 0 Å². The third kappa shape index (κ3) is 2.66. The molecule has 2 N–H and O–H groups in total. The molecule has 0 radical (unpaired) electrons. The van der Waals surface area contributed by atoms with Crippen LogP contribution in [0.15, 0.2) is 36.5 Å². The highest BCUT2D eigenvalue weighted by atomic mass is 35.5. The third-order valence-electron chi connectivity index (χ3n) is 3.54. The number of aliphatic hydroxyl groups excluding tert-OH is 1. The van der Waals surface area contributed by atoms with E-state index in [-0.39, 0.29) is 6.61 Å². The first kappa shape index (κ1) is 14.1. The Kier molecular flexibility index (Phi) is 4.24. The van der Waals surface area contributed by atoms with Gasteiger partial charge in [0.1, 0.15) is 0 Å². The van der Waals surface area contributed by atoms with Gasteiger partial charge in [-0.3, -0.25) is 4.68 Å². The molecule has 5 heteroatoms. The molecular weight excluding hydrogens is 262 g/mol. The van der Waals surface area contributed by atoms with E-state index in [0.29, 0.717) is 11.6 Å². The number of halogens is 1. The minimum atomic E-state index is -0.568. The number of aromatic nitrogens is 2. The van der Waals surface area contributed by atoms with Crippen molar-refractivity contribution in [1.82, 2.24) is 15.1 Å². The van der Waals surface area contributed by atoms with E-state index in [9.17, 15) is 5.11 Å². The summed E-state index contributed by atoms with van der Waals surface area (Å²) in [6.45, 7) is 2.41. The topological polar surface area (TPSA) is 50.1 Å². The molecule has 0 spiro atoms. The molecule has 0 aliphatic heterocycles. The molecule has 1 aromatic heterocycles. The highest BCUT2D eigenvalue weighted by molar-refractivity contribution is 6.31. The van der Waals surface area contributed by atoms with Crippen LogP contribution in [0.2, 0.25) is 5.02 Å². The smallest absolute Gasteiger partial charge is 0.0865 e. The molecule has 2 rings (SSSR count). The van der Waals surface area contributed by atoms with E-state index in [1.54, 1.807) is 6.20 Å². The van der Waals surface area contributed by atoms with Crippen LogP contribution in [0.1, 0.15) is 11.3 Å². The lowest BCUT2D eigenvalue weighted by molar-refractivity contribution is 0.145. The van der Waals surface area contributed by atoms with Crippen molar-refractivity contribution < 1.29 is 5.11 Å². The minimum absolute atomic E-state index is 0.0234. The number of rotatable bonds is 5. The number of likely N-dealkylation sites (N-methyl/N-ethyl adjacent to an activating group) is 1. The lowest BCUT2D eigenvalue weighted by Crippen LogP contribution is -2.47. The van der Waals surface area contributed by atoms with Crippen molar-refractivity contribution in [3.8, 4) is 0 Å². The van der Waals surface area contributed by atoms with Crippen LogP contribution < -0.4 is 5.32 Å². The average molecular weight is 280 g/mol. The number of hydrogen-bond acceptors (Lipinski definition) is 3. The van der Waals surface area contributed by atoms with E-state index in [0.717, 1.165) is 11.3 Å². The Morgan fingerprint density at radius 3 is 2.53 bits per heavy atom. The fourth-order valence-corrected chi connectivity index (χ4v) is 2.27.